The van der Waals surface area contributed by atoms with Gasteiger partial charge in [-0.25, -0.2) is 8.42 Å². The van der Waals surface area contributed by atoms with Crippen LogP contribution in [0.1, 0.15) is 6.42 Å². The van der Waals surface area contributed by atoms with Gasteiger partial charge in [-0.2, -0.15) is 4.72 Å². The number of rotatable bonds is 4. The molecular formula is C11H11Cl2NO5S. The summed E-state index contributed by atoms with van der Waals surface area (Å²) in [7, 11) is -4.04. The fourth-order valence-electron chi connectivity index (χ4n) is 1.82. The summed E-state index contributed by atoms with van der Waals surface area (Å²) >= 11 is 11.5. The lowest BCUT2D eigenvalue weighted by atomic mass is 10.0. The Labute approximate surface area is 125 Å². The molecule has 1 aromatic carbocycles. The molecule has 0 bridgehead atoms. The number of ether oxygens (including phenoxy) is 1. The van der Waals surface area contributed by atoms with Crippen LogP contribution in [0.4, 0.5) is 0 Å². The largest absolute Gasteiger partial charge is 0.480 e. The number of halogens is 2. The molecule has 0 amide bonds. The molecule has 9 heteroatoms. The number of nitrogens with one attached hydrogen (secondary N) is 1. The quantitative estimate of drug-likeness (QED) is 0.867. The third-order valence-corrected chi connectivity index (χ3v) is 5.24. The normalized spacial score (nSPS) is 22.9. The minimum atomic E-state index is -4.04. The van der Waals surface area contributed by atoms with Crippen molar-refractivity contribution in [1.29, 1.82) is 0 Å². The van der Waals surface area contributed by atoms with E-state index >= 15 is 0 Å². The van der Waals surface area contributed by atoms with Crippen molar-refractivity contribution in [3.05, 3.63) is 28.2 Å². The summed E-state index contributed by atoms with van der Waals surface area (Å²) in [5.41, 5.74) is -1.65. The van der Waals surface area contributed by atoms with Gasteiger partial charge in [-0.15, -0.1) is 0 Å². The van der Waals surface area contributed by atoms with Crippen molar-refractivity contribution >= 4 is 39.2 Å². The number of carbonyl (C=O) groups is 1. The molecule has 1 saturated heterocycles. The van der Waals surface area contributed by atoms with Gasteiger partial charge in [0.2, 0.25) is 10.0 Å². The van der Waals surface area contributed by atoms with Gasteiger partial charge in [-0.3, -0.25) is 4.79 Å². The molecule has 6 nitrogen and oxygen atoms in total. The van der Waals surface area contributed by atoms with E-state index in [0.29, 0.717) is 0 Å². The lowest BCUT2D eigenvalue weighted by molar-refractivity contribution is -0.144. The monoisotopic (exact) mass is 339 g/mol. The molecular weight excluding hydrogens is 329 g/mol. The summed E-state index contributed by atoms with van der Waals surface area (Å²) < 4.78 is 31.6. The summed E-state index contributed by atoms with van der Waals surface area (Å²) in [5, 5.41) is 9.50. The van der Waals surface area contributed by atoms with Gasteiger partial charge in [-0.1, -0.05) is 23.2 Å². The predicted molar refractivity (Wildman–Crippen MR) is 72.6 cm³/mol. The standard InChI is InChI=1S/C11H11Cl2NO5S/c12-8-2-1-7(5-9(8)13)20(17,18)14-11(10(15)16)3-4-19-6-11/h1-2,5,14H,3-4,6H2,(H,15,16). The third-order valence-electron chi connectivity index (χ3n) is 2.96. The zero-order valence-corrected chi connectivity index (χ0v) is 12.4. The summed E-state index contributed by atoms with van der Waals surface area (Å²) in [6.07, 6.45) is 0.0584. The molecule has 1 aliphatic rings. The highest BCUT2D eigenvalue weighted by atomic mass is 35.5. The SMILES string of the molecule is O=C(O)C1(NS(=O)(=O)c2ccc(Cl)c(Cl)c2)CCOC1. The number of aliphatic carboxylic acids is 1. The average Bonchev–Trinajstić information content (AvgIpc) is 2.81. The van der Waals surface area contributed by atoms with Crippen LogP contribution in [0.15, 0.2) is 23.1 Å². The van der Waals surface area contributed by atoms with Crippen LogP contribution in [0, 0.1) is 0 Å². The van der Waals surface area contributed by atoms with Crippen LogP contribution in [-0.2, 0) is 19.6 Å². The Balaban J connectivity index is 2.35. The molecule has 1 unspecified atom stereocenters. The van der Waals surface area contributed by atoms with E-state index in [0.717, 1.165) is 6.07 Å². The van der Waals surface area contributed by atoms with Crippen molar-refractivity contribution in [2.24, 2.45) is 0 Å². The first kappa shape index (κ1) is 15.5. The van der Waals surface area contributed by atoms with Crippen LogP contribution in [0.25, 0.3) is 0 Å². The molecule has 1 aliphatic heterocycles. The van der Waals surface area contributed by atoms with Crippen LogP contribution in [0.5, 0.6) is 0 Å². The van der Waals surface area contributed by atoms with E-state index < -0.39 is 21.5 Å². The summed E-state index contributed by atoms with van der Waals surface area (Å²) in [5.74, 6) is -1.28. The van der Waals surface area contributed by atoms with E-state index in [9.17, 15) is 18.3 Å². The zero-order valence-electron chi connectivity index (χ0n) is 10.1. The Morgan fingerprint density at radius 3 is 2.55 bits per heavy atom. The fraction of sp³-hybridized carbons (Fsp3) is 0.364. The second kappa shape index (κ2) is 5.50. The Bertz CT molecular complexity index is 640. The molecule has 0 radical (unpaired) electrons. The molecule has 0 saturated carbocycles. The van der Waals surface area contributed by atoms with Crippen LogP contribution in [0.3, 0.4) is 0 Å². The third kappa shape index (κ3) is 2.91. The molecule has 1 atom stereocenters. The molecule has 110 valence electrons. The van der Waals surface area contributed by atoms with Gasteiger partial charge in [0.05, 0.1) is 21.5 Å². The van der Waals surface area contributed by atoms with E-state index in [-0.39, 0.29) is 34.6 Å². The highest BCUT2D eigenvalue weighted by Gasteiger charge is 2.46. The molecule has 0 aliphatic carbocycles. The van der Waals surface area contributed by atoms with Gasteiger partial charge >= 0.3 is 5.97 Å². The van der Waals surface area contributed by atoms with Gasteiger partial charge in [-0.05, 0) is 18.2 Å². The number of benzene rings is 1. The second-order valence-corrected chi connectivity index (χ2v) is 6.87. The Morgan fingerprint density at radius 1 is 1.35 bits per heavy atom. The van der Waals surface area contributed by atoms with Gasteiger partial charge < -0.3 is 9.84 Å². The predicted octanol–water partition coefficient (Wildman–Crippen LogP) is 1.52. The van der Waals surface area contributed by atoms with Crippen molar-refractivity contribution in [2.45, 2.75) is 16.9 Å². The smallest absolute Gasteiger partial charge is 0.327 e. The van der Waals surface area contributed by atoms with Crippen molar-refractivity contribution < 1.29 is 23.1 Å². The highest BCUT2D eigenvalue weighted by Crippen LogP contribution is 2.27. The number of hydrogen-bond acceptors (Lipinski definition) is 4. The number of carboxylic acids is 1. The maximum atomic E-state index is 12.2. The van der Waals surface area contributed by atoms with E-state index in [2.05, 4.69) is 4.72 Å². The summed E-state index contributed by atoms with van der Waals surface area (Å²) in [6.45, 7) is -0.0426. The zero-order chi connectivity index (χ0) is 15.0. The number of hydrogen-bond donors (Lipinski definition) is 2. The van der Waals surface area contributed by atoms with Crippen molar-refractivity contribution in [2.75, 3.05) is 13.2 Å². The van der Waals surface area contributed by atoms with Gasteiger partial charge in [0.25, 0.3) is 0 Å². The molecule has 1 heterocycles. The van der Waals surface area contributed by atoms with Crippen molar-refractivity contribution in [3.63, 3.8) is 0 Å². The van der Waals surface area contributed by atoms with Gasteiger partial charge in [0.15, 0.2) is 5.54 Å². The highest BCUT2D eigenvalue weighted by molar-refractivity contribution is 7.89. The first-order valence-corrected chi connectivity index (χ1v) is 7.81. The maximum Gasteiger partial charge on any atom is 0.327 e. The van der Waals surface area contributed by atoms with Crippen LogP contribution in [0.2, 0.25) is 10.0 Å². The van der Waals surface area contributed by atoms with Gasteiger partial charge in [0, 0.05) is 13.0 Å². The van der Waals surface area contributed by atoms with Gasteiger partial charge in [0.1, 0.15) is 0 Å². The van der Waals surface area contributed by atoms with Crippen molar-refractivity contribution in [3.8, 4) is 0 Å². The molecule has 20 heavy (non-hydrogen) atoms. The van der Waals surface area contributed by atoms with E-state index in [1.165, 1.54) is 12.1 Å². The molecule has 2 N–H and O–H groups in total. The lowest BCUT2D eigenvalue weighted by Crippen LogP contribution is -2.54. The van der Waals surface area contributed by atoms with E-state index in [4.69, 9.17) is 27.9 Å². The van der Waals surface area contributed by atoms with Crippen LogP contribution in [-0.4, -0.2) is 38.2 Å². The Kier molecular flexibility index (Phi) is 4.27. The van der Waals surface area contributed by atoms with Crippen molar-refractivity contribution in [1.82, 2.24) is 4.72 Å². The molecule has 1 fully saturated rings. The number of sulfonamides is 1. The Morgan fingerprint density at radius 2 is 2.05 bits per heavy atom. The van der Waals surface area contributed by atoms with Crippen LogP contribution >= 0.6 is 23.2 Å². The first-order chi connectivity index (χ1) is 9.27. The second-order valence-electron chi connectivity index (χ2n) is 4.37. The fourth-order valence-corrected chi connectivity index (χ4v) is 3.58. The number of carboxylic acid groups (broad SMARTS) is 1. The molecule has 0 aromatic heterocycles. The summed E-state index contributed by atoms with van der Waals surface area (Å²) in [6, 6.07) is 3.75. The minimum absolute atomic E-state index is 0.0584. The Hall–Kier alpha value is -0.860. The van der Waals surface area contributed by atoms with Crippen LogP contribution < -0.4 is 4.72 Å². The summed E-state index contributed by atoms with van der Waals surface area (Å²) in [4.78, 5) is 11.1. The molecule has 1 aromatic rings. The molecule has 0 spiro atoms. The average molecular weight is 340 g/mol. The maximum absolute atomic E-state index is 12.2. The van der Waals surface area contributed by atoms with E-state index in [1.54, 1.807) is 0 Å². The first-order valence-electron chi connectivity index (χ1n) is 5.57. The molecule has 2 rings (SSSR count). The topological polar surface area (TPSA) is 92.7 Å². The van der Waals surface area contributed by atoms with E-state index in [1.807, 2.05) is 0 Å². The minimum Gasteiger partial charge on any atom is -0.480 e. The lowest BCUT2D eigenvalue weighted by Gasteiger charge is -2.23.